The average Bonchev–Trinajstić information content (AvgIpc) is 2.80. The minimum Gasteiger partial charge on any atom is -0.454 e. The van der Waals surface area contributed by atoms with Crippen molar-refractivity contribution in [1.29, 1.82) is 0 Å². The quantitative estimate of drug-likeness (QED) is 0.903. The van der Waals surface area contributed by atoms with E-state index in [9.17, 15) is 13.9 Å². The SMILES string of the molecule is CC(F)(F)c1cc(CC2(O)CC2)c2c(c1)OCO2. The normalized spacial score (nSPS) is 20.0. The fraction of sp³-hybridized carbons (Fsp3) is 0.538. The lowest BCUT2D eigenvalue weighted by molar-refractivity contribution is 0.0171. The summed E-state index contributed by atoms with van der Waals surface area (Å²) in [5.74, 6) is -2.10. The van der Waals surface area contributed by atoms with Crippen LogP contribution >= 0.6 is 0 Å². The highest BCUT2D eigenvalue weighted by molar-refractivity contribution is 5.52. The number of aliphatic hydroxyl groups is 1. The Morgan fingerprint density at radius 1 is 1.33 bits per heavy atom. The molecule has 0 amide bonds. The van der Waals surface area contributed by atoms with E-state index in [1.165, 1.54) is 12.1 Å². The van der Waals surface area contributed by atoms with Gasteiger partial charge in [0.1, 0.15) is 0 Å². The van der Waals surface area contributed by atoms with E-state index in [2.05, 4.69) is 0 Å². The van der Waals surface area contributed by atoms with Gasteiger partial charge in [0.25, 0.3) is 5.92 Å². The van der Waals surface area contributed by atoms with Crippen LogP contribution in [0.5, 0.6) is 11.5 Å². The van der Waals surface area contributed by atoms with Gasteiger partial charge in [-0.05, 0) is 25.0 Å². The molecular weight excluding hydrogens is 242 g/mol. The Kier molecular flexibility index (Phi) is 2.32. The van der Waals surface area contributed by atoms with Crippen LogP contribution in [0, 0.1) is 0 Å². The van der Waals surface area contributed by atoms with Gasteiger partial charge in [-0.1, -0.05) is 0 Å². The van der Waals surface area contributed by atoms with E-state index < -0.39 is 11.5 Å². The van der Waals surface area contributed by atoms with Crippen molar-refractivity contribution in [2.75, 3.05) is 6.79 Å². The van der Waals surface area contributed by atoms with Crippen molar-refractivity contribution < 1.29 is 23.4 Å². The lowest BCUT2D eigenvalue weighted by Crippen LogP contribution is -2.13. The minimum atomic E-state index is -2.93. The summed E-state index contributed by atoms with van der Waals surface area (Å²) in [6, 6.07) is 2.71. The van der Waals surface area contributed by atoms with Crippen LogP contribution in [0.25, 0.3) is 0 Å². The number of rotatable bonds is 3. The van der Waals surface area contributed by atoms with Gasteiger partial charge in [0.2, 0.25) is 6.79 Å². The van der Waals surface area contributed by atoms with E-state index in [0.717, 1.165) is 6.92 Å². The topological polar surface area (TPSA) is 38.7 Å². The van der Waals surface area contributed by atoms with Crippen LogP contribution in [0.2, 0.25) is 0 Å². The van der Waals surface area contributed by atoms with E-state index in [4.69, 9.17) is 9.47 Å². The van der Waals surface area contributed by atoms with Crippen molar-refractivity contribution in [2.45, 2.75) is 37.7 Å². The highest BCUT2D eigenvalue weighted by Crippen LogP contribution is 2.46. The van der Waals surface area contributed by atoms with Gasteiger partial charge < -0.3 is 14.6 Å². The summed E-state index contributed by atoms with van der Waals surface area (Å²) >= 11 is 0. The molecular formula is C13H14F2O3. The lowest BCUT2D eigenvalue weighted by atomic mass is 9.99. The van der Waals surface area contributed by atoms with Gasteiger partial charge in [0.05, 0.1) is 5.60 Å². The Balaban J connectivity index is 2.03. The summed E-state index contributed by atoms with van der Waals surface area (Å²) in [5.41, 5.74) is -0.256. The Labute approximate surface area is 103 Å². The fourth-order valence-electron chi connectivity index (χ4n) is 2.14. The van der Waals surface area contributed by atoms with Crippen molar-refractivity contribution in [1.82, 2.24) is 0 Å². The standard InChI is InChI=1S/C13H14F2O3/c1-12(14,15)9-4-8(6-13(16)2-3-13)11-10(5-9)17-7-18-11/h4-5,16H,2-3,6-7H2,1H3. The fourth-order valence-corrected chi connectivity index (χ4v) is 2.14. The van der Waals surface area contributed by atoms with Crippen LogP contribution < -0.4 is 9.47 Å². The third-order valence-electron chi connectivity index (χ3n) is 3.40. The number of hydrogen-bond donors (Lipinski definition) is 1. The molecule has 98 valence electrons. The summed E-state index contributed by atoms with van der Waals surface area (Å²) in [5, 5.41) is 9.92. The average molecular weight is 256 g/mol. The highest BCUT2D eigenvalue weighted by Gasteiger charge is 2.42. The van der Waals surface area contributed by atoms with Crippen LogP contribution in [0.4, 0.5) is 8.78 Å². The molecule has 1 fully saturated rings. The molecule has 0 unspecified atom stereocenters. The molecule has 0 radical (unpaired) electrons. The van der Waals surface area contributed by atoms with E-state index in [1.54, 1.807) is 0 Å². The number of ether oxygens (including phenoxy) is 2. The second-order valence-electron chi connectivity index (χ2n) is 5.16. The molecule has 3 rings (SSSR count). The molecule has 1 heterocycles. The van der Waals surface area contributed by atoms with Crippen molar-refractivity contribution in [2.24, 2.45) is 0 Å². The number of fused-ring (bicyclic) bond motifs is 1. The number of hydrogen-bond acceptors (Lipinski definition) is 3. The van der Waals surface area contributed by atoms with Crippen molar-refractivity contribution in [3.8, 4) is 11.5 Å². The van der Waals surface area contributed by atoms with E-state index in [-0.39, 0.29) is 12.4 Å². The largest absolute Gasteiger partial charge is 0.454 e. The molecule has 1 saturated carbocycles. The van der Waals surface area contributed by atoms with Crippen LogP contribution in [-0.4, -0.2) is 17.5 Å². The first-order valence-electron chi connectivity index (χ1n) is 5.91. The van der Waals surface area contributed by atoms with E-state index >= 15 is 0 Å². The van der Waals surface area contributed by atoms with E-state index in [1.807, 2.05) is 0 Å². The Morgan fingerprint density at radius 2 is 2.06 bits per heavy atom. The first kappa shape index (κ1) is 11.7. The van der Waals surface area contributed by atoms with Crippen LogP contribution in [0.1, 0.15) is 30.9 Å². The molecule has 2 aliphatic rings. The van der Waals surface area contributed by atoms with Crippen molar-refractivity contribution >= 4 is 0 Å². The monoisotopic (exact) mass is 256 g/mol. The summed E-state index contributed by atoms with van der Waals surface area (Å²) in [6.07, 6.45) is 1.74. The molecule has 3 nitrogen and oxygen atoms in total. The molecule has 0 bridgehead atoms. The molecule has 0 atom stereocenters. The maximum atomic E-state index is 13.4. The second-order valence-corrected chi connectivity index (χ2v) is 5.16. The summed E-state index contributed by atoms with van der Waals surface area (Å²) < 4.78 is 37.3. The molecule has 1 aliphatic heterocycles. The van der Waals surface area contributed by atoms with Gasteiger partial charge in [0, 0.05) is 24.5 Å². The first-order chi connectivity index (χ1) is 8.37. The highest BCUT2D eigenvalue weighted by atomic mass is 19.3. The van der Waals surface area contributed by atoms with Crippen LogP contribution in [-0.2, 0) is 12.3 Å². The predicted octanol–water partition coefficient (Wildman–Crippen LogP) is 2.59. The zero-order chi connectivity index (χ0) is 13.0. The van der Waals surface area contributed by atoms with Crippen molar-refractivity contribution in [3.63, 3.8) is 0 Å². The Hall–Kier alpha value is -1.36. The summed E-state index contributed by atoms with van der Waals surface area (Å²) in [4.78, 5) is 0. The molecule has 0 saturated heterocycles. The molecule has 5 heteroatoms. The molecule has 1 aromatic rings. The zero-order valence-corrected chi connectivity index (χ0v) is 10.0. The zero-order valence-electron chi connectivity index (χ0n) is 10.0. The minimum absolute atomic E-state index is 0.0412. The summed E-state index contributed by atoms with van der Waals surface area (Å²) in [6.45, 7) is 0.889. The molecule has 0 aromatic heterocycles. The van der Waals surface area contributed by atoms with Gasteiger partial charge in [-0.15, -0.1) is 0 Å². The smallest absolute Gasteiger partial charge is 0.270 e. The molecule has 1 aliphatic carbocycles. The predicted molar refractivity (Wildman–Crippen MR) is 60.0 cm³/mol. The molecule has 0 spiro atoms. The molecule has 1 aromatic carbocycles. The number of benzene rings is 1. The second kappa shape index (κ2) is 3.57. The molecule has 18 heavy (non-hydrogen) atoms. The number of alkyl halides is 2. The van der Waals surface area contributed by atoms with Gasteiger partial charge in [-0.25, -0.2) is 8.78 Å². The summed E-state index contributed by atoms with van der Waals surface area (Å²) in [7, 11) is 0. The molecule has 1 N–H and O–H groups in total. The maximum Gasteiger partial charge on any atom is 0.270 e. The van der Waals surface area contributed by atoms with Gasteiger partial charge in [0.15, 0.2) is 11.5 Å². The number of halogens is 2. The third kappa shape index (κ3) is 2.03. The lowest BCUT2D eigenvalue weighted by Gasteiger charge is -2.15. The maximum absolute atomic E-state index is 13.4. The van der Waals surface area contributed by atoms with Crippen LogP contribution in [0.15, 0.2) is 12.1 Å². The first-order valence-corrected chi connectivity index (χ1v) is 5.91. The van der Waals surface area contributed by atoms with Crippen molar-refractivity contribution in [3.05, 3.63) is 23.3 Å². The Morgan fingerprint density at radius 3 is 2.67 bits per heavy atom. The Bertz CT molecular complexity index is 490. The van der Waals surface area contributed by atoms with E-state index in [0.29, 0.717) is 36.3 Å². The van der Waals surface area contributed by atoms with Crippen LogP contribution in [0.3, 0.4) is 0 Å². The van der Waals surface area contributed by atoms with Gasteiger partial charge >= 0.3 is 0 Å². The van der Waals surface area contributed by atoms with Gasteiger partial charge in [-0.3, -0.25) is 0 Å². The van der Waals surface area contributed by atoms with Gasteiger partial charge in [-0.2, -0.15) is 0 Å². The third-order valence-corrected chi connectivity index (χ3v) is 3.40.